The Kier molecular flexibility index (Phi) is 7.91. The summed E-state index contributed by atoms with van der Waals surface area (Å²) in [5, 5.41) is 10.0. The third-order valence-electron chi connectivity index (χ3n) is 12.4. The first-order valence-electron chi connectivity index (χ1n) is 20.3. The monoisotopic (exact) mass is 739 g/mol. The van der Waals surface area contributed by atoms with Crippen LogP contribution in [0.25, 0.3) is 77.5 Å². The van der Waals surface area contributed by atoms with Crippen molar-refractivity contribution in [2.24, 2.45) is 0 Å². The van der Waals surface area contributed by atoms with Crippen LogP contribution in [0.15, 0.2) is 200 Å². The molecule has 0 aliphatic heterocycles. The molecule has 0 atom stereocenters. The lowest BCUT2D eigenvalue weighted by Crippen LogP contribution is -2.16. The normalized spacial score (nSPS) is 13.1. The zero-order valence-electron chi connectivity index (χ0n) is 32.7. The molecule has 0 amide bonds. The number of fused-ring (bicyclic) bond motifs is 7. The van der Waals surface area contributed by atoms with E-state index in [-0.39, 0.29) is 5.41 Å². The van der Waals surface area contributed by atoms with Crippen molar-refractivity contribution < 1.29 is 0 Å². The van der Waals surface area contributed by atoms with Gasteiger partial charge in [-0.25, -0.2) is 0 Å². The van der Waals surface area contributed by atoms with Gasteiger partial charge >= 0.3 is 0 Å². The molecular weight excluding hydrogens is 699 g/mol. The van der Waals surface area contributed by atoms with E-state index in [0.29, 0.717) is 0 Å². The standard InChI is InChI=1S/C57H41N/c1-57(2)54-25-12-11-21-49(54)50-35-33-44(37-55(50)57)58(43-32-29-39-14-3-4-16-41(39)36-43)42-30-26-38(27-31-42)28-34-48-46-19-7-9-22-52(46)56(53-23-10-8-20-47(48)53)51-24-13-17-40-15-5-6-18-45(40)51/h3-37H,1-2H3/b34-28+. The van der Waals surface area contributed by atoms with Crippen molar-refractivity contribution in [1.29, 1.82) is 0 Å². The van der Waals surface area contributed by atoms with Crippen molar-refractivity contribution >= 4 is 72.3 Å². The third-order valence-corrected chi connectivity index (χ3v) is 12.4. The molecule has 11 rings (SSSR count). The Labute approximate surface area is 339 Å². The summed E-state index contributed by atoms with van der Waals surface area (Å²) in [6.07, 6.45) is 4.58. The molecule has 0 fully saturated rings. The summed E-state index contributed by atoms with van der Waals surface area (Å²) >= 11 is 0. The van der Waals surface area contributed by atoms with E-state index in [1.807, 2.05) is 0 Å². The molecular formula is C57H41N. The predicted molar refractivity (Wildman–Crippen MR) is 250 cm³/mol. The van der Waals surface area contributed by atoms with Gasteiger partial charge in [-0.3, -0.25) is 0 Å². The molecule has 274 valence electrons. The first kappa shape index (κ1) is 34.1. The van der Waals surface area contributed by atoms with Crippen molar-refractivity contribution in [1.82, 2.24) is 0 Å². The lowest BCUT2D eigenvalue weighted by Gasteiger charge is -2.28. The van der Waals surface area contributed by atoms with Gasteiger partial charge in [0.1, 0.15) is 0 Å². The molecule has 58 heavy (non-hydrogen) atoms. The summed E-state index contributed by atoms with van der Waals surface area (Å²) in [7, 11) is 0. The van der Waals surface area contributed by atoms with Gasteiger partial charge in [-0.15, -0.1) is 0 Å². The van der Waals surface area contributed by atoms with Gasteiger partial charge in [0.25, 0.3) is 0 Å². The number of anilines is 3. The fourth-order valence-corrected chi connectivity index (χ4v) is 9.58. The fourth-order valence-electron chi connectivity index (χ4n) is 9.58. The Hall–Kier alpha value is -7.22. The minimum atomic E-state index is -0.0902. The van der Waals surface area contributed by atoms with Crippen LogP contribution in [0.3, 0.4) is 0 Å². The minimum absolute atomic E-state index is 0.0902. The SMILES string of the molecule is CC1(C)c2ccccc2-c2ccc(N(c3ccc(/C=C/c4c5ccccc5c(-c5cccc6ccccc56)c5ccccc45)cc3)c3ccc4ccccc4c3)cc21. The molecule has 0 saturated heterocycles. The average molecular weight is 740 g/mol. The highest BCUT2D eigenvalue weighted by atomic mass is 15.1. The van der Waals surface area contributed by atoms with Crippen LogP contribution in [0.5, 0.6) is 0 Å². The summed E-state index contributed by atoms with van der Waals surface area (Å²) in [5.74, 6) is 0. The molecule has 10 aromatic carbocycles. The molecule has 0 aromatic heterocycles. The molecule has 0 bridgehead atoms. The third kappa shape index (κ3) is 5.46. The Morgan fingerprint density at radius 1 is 0.362 bits per heavy atom. The van der Waals surface area contributed by atoms with Gasteiger partial charge < -0.3 is 4.90 Å². The van der Waals surface area contributed by atoms with Crippen molar-refractivity contribution in [2.45, 2.75) is 19.3 Å². The van der Waals surface area contributed by atoms with Crippen LogP contribution < -0.4 is 4.90 Å². The van der Waals surface area contributed by atoms with Crippen LogP contribution in [0.4, 0.5) is 17.1 Å². The molecule has 0 N–H and O–H groups in total. The van der Waals surface area contributed by atoms with E-state index in [9.17, 15) is 0 Å². The lowest BCUT2D eigenvalue weighted by molar-refractivity contribution is 0.660. The van der Waals surface area contributed by atoms with E-state index in [1.54, 1.807) is 0 Å². The van der Waals surface area contributed by atoms with Crippen LogP contribution in [-0.4, -0.2) is 0 Å². The van der Waals surface area contributed by atoms with Crippen LogP contribution in [0.2, 0.25) is 0 Å². The highest BCUT2D eigenvalue weighted by Gasteiger charge is 2.35. The van der Waals surface area contributed by atoms with E-state index in [0.717, 1.165) is 22.6 Å². The van der Waals surface area contributed by atoms with E-state index >= 15 is 0 Å². The predicted octanol–water partition coefficient (Wildman–Crippen LogP) is 15.9. The fraction of sp³-hybridized carbons (Fsp3) is 0.0526. The number of nitrogens with zero attached hydrogens (tertiary/aromatic N) is 1. The number of hydrogen-bond donors (Lipinski definition) is 0. The van der Waals surface area contributed by atoms with E-state index in [4.69, 9.17) is 0 Å². The second-order valence-corrected chi connectivity index (χ2v) is 16.1. The Balaban J connectivity index is 1.01. The highest BCUT2D eigenvalue weighted by molar-refractivity contribution is 6.20. The molecule has 1 aliphatic carbocycles. The zero-order chi connectivity index (χ0) is 38.8. The van der Waals surface area contributed by atoms with Crippen molar-refractivity contribution in [3.05, 3.63) is 222 Å². The average Bonchev–Trinajstić information content (AvgIpc) is 3.50. The molecule has 0 unspecified atom stereocenters. The molecule has 10 aromatic rings. The maximum atomic E-state index is 2.41. The molecule has 1 nitrogen and oxygen atoms in total. The molecule has 1 heteroatoms. The smallest absolute Gasteiger partial charge is 0.0468 e. The van der Waals surface area contributed by atoms with Gasteiger partial charge in [0.05, 0.1) is 0 Å². The largest absolute Gasteiger partial charge is 0.310 e. The maximum absolute atomic E-state index is 2.41. The second kappa shape index (κ2) is 13.5. The summed E-state index contributed by atoms with van der Waals surface area (Å²) in [5.41, 5.74) is 13.7. The van der Waals surface area contributed by atoms with Crippen LogP contribution in [0, 0.1) is 0 Å². The van der Waals surface area contributed by atoms with Crippen molar-refractivity contribution in [3.8, 4) is 22.3 Å². The Morgan fingerprint density at radius 2 is 0.897 bits per heavy atom. The Bertz CT molecular complexity index is 3190. The lowest BCUT2D eigenvalue weighted by atomic mass is 9.82. The molecule has 0 spiro atoms. The first-order valence-corrected chi connectivity index (χ1v) is 20.3. The Morgan fingerprint density at radius 3 is 1.66 bits per heavy atom. The minimum Gasteiger partial charge on any atom is -0.310 e. The summed E-state index contributed by atoms with van der Waals surface area (Å²) < 4.78 is 0. The number of benzene rings is 10. The van der Waals surface area contributed by atoms with Crippen LogP contribution in [-0.2, 0) is 5.41 Å². The number of rotatable bonds is 6. The van der Waals surface area contributed by atoms with Crippen LogP contribution in [0.1, 0.15) is 36.1 Å². The highest BCUT2D eigenvalue weighted by Crippen LogP contribution is 2.51. The van der Waals surface area contributed by atoms with E-state index in [2.05, 4.69) is 231 Å². The van der Waals surface area contributed by atoms with Crippen molar-refractivity contribution in [3.63, 3.8) is 0 Å². The van der Waals surface area contributed by atoms with Crippen molar-refractivity contribution in [2.75, 3.05) is 4.90 Å². The van der Waals surface area contributed by atoms with Gasteiger partial charge in [-0.05, 0) is 124 Å². The zero-order valence-corrected chi connectivity index (χ0v) is 32.7. The molecule has 0 saturated carbocycles. The quantitative estimate of drug-likeness (QED) is 0.121. The molecule has 0 heterocycles. The first-order chi connectivity index (χ1) is 28.5. The maximum Gasteiger partial charge on any atom is 0.0468 e. The topological polar surface area (TPSA) is 3.24 Å². The van der Waals surface area contributed by atoms with Gasteiger partial charge in [-0.1, -0.05) is 190 Å². The second-order valence-electron chi connectivity index (χ2n) is 16.1. The van der Waals surface area contributed by atoms with E-state index in [1.165, 1.54) is 82.0 Å². The van der Waals surface area contributed by atoms with Gasteiger partial charge in [0.15, 0.2) is 0 Å². The summed E-state index contributed by atoms with van der Waals surface area (Å²) in [4.78, 5) is 2.41. The summed E-state index contributed by atoms with van der Waals surface area (Å²) in [6, 6.07) is 73.5. The molecule has 1 aliphatic rings. The van der Waals surface area contributed by atoms with Gasteiger partial charge in [-0.2, -0.15) is 0 Å². The summed E-state index contributed by atoms with van der Waals surface area (Å²) in [6.45, 7) is 4.71. The van der Waals surface area contributed by atoms with Crippen LogP contribution >= 0.6 is 0 Å². The molecule has 0 radical (unpaired) electrons. The van der Waals surface area contributed by atoms with E-state index < -0.39 is 0 Å². The van der Waals surface area contributed by atoms with Gasteiger partial charge in [0, 0.05) is 22.5 Å². The number of hydrogen-bond acceptors (Lipinski definition) is 1. The van der Waals surface area contributed by atoms with Gasteiger partial charge in [0.2, 0.25) is 0 Å².